The number of hydrogen-bond acceptors (Lipinski definition) is 4. The molecule has 0 radical (unpaired) electrons. The highest BCUT2D eigenvalue weighted by molar-refractivity contribution is 5.98. The molecule has 132 valence electrons. The number of ether oxygens (including phenoxy) is 1. The Balaban J connectivity index is 2.00. The molecule has 0 aliphatic rings. The number of nitrogens with one attached hydrogen (secondary N) is 1. The van der Waals surface area contributed by atoms with Gasteiger partial charge in [-0.2, -0.15) is 0 Å². The van der Waals surface area contributed by atoms with Gasteiger partial charge in [0.25, 0.3) is 5.91 Å². The summed E-state index contributed by atoms with van der Waals surface area (Å²) < 4.78 is 19.9. The molecule has 0 aliphatic heterocycles. The van der Waals surface area contributed by atoms with Crippen molar-refractivity contribution >= 4 is 11.7 Å². The van der Waals surface area contributed by atoms with E-state index in [9.17, 15) is 9.18 Å². The topological polar surface area (TPSA) is 77.2 Å². The van der Waals surface area contributed by atoms with Crippen LogP contribution in [-0.2, 0) is 6.54 Å². The molecular weight excluding hydrogens is 321 g/mol. The van der Waals surface area contributed by atoms with Crippen LogP contribution in [0.3, 0.4) is 0 Å². The molecule has 0 spiro atoms. The van der Waals surface area contributed by atoms with Gasteiger partial charge in [0.05, 0.1) is 12.2 Å². The van der Waals surface area contributed by atoms with E-state index in [0.29, 0.717) is 12.2 Å². The molecule has 0 saturated carbocycles. The molecule has 0 unspecified atom stereocenters. The van der Waals surface area contributed by atoms with Gasteiger partial charge in [-0.25, -0.2) is 9.37 Å². The van der Waals surface area contributed by atoms with E-state index in [4.69, 9.17) is 10.5 Å². The summed E-state index contributed by atoms with van der Waals surface area (Å²) in [4.78, 5) is 16.2. The molecule has 0 bridgehead atoms. The van der Waals surface area contributed by atoms with Gasteiger partial charge in [-0.15, -0.1) is 6.58 Å². The fraction of sp³-hybridized carbons (Fsp3) is 0.263. The van der Waals surface area contributed by atoms with E-state index in [1.807, 2.05) is 0 Å². The van der Waals surface area contributed by atoms with Gasteiger partial charge in [0, 0.05) is 17.8 Å². The monoisotopic (exact) mass is 343 g/mol. The Hall–Kier alpha value is -2.89. The molecule has 0 atom stereocenters. The highest BCUT2D eigenvalue weighted by Crippen LogP contribution is 2.21. The fourth-order valence-electron chi connectivity index (χ4n) is 2.25. The third-order valence-electron chi connectivity index (χ3n) is 3.60. The average Bonchev–Trinajstić information content (AvgIpc) is 2.58. The van der Waals surface area contributed by atoms with Crippen molar-refractivity contribution in [3.63, 3.8) is 0 Å². The molecular formula is C19H22FN3O2. The van der Waals surface area contributed by atoms with E-state index < -0.39 is 11.7 Å². The zero-order valence-corrected chi connectivity index (χ0v) is 14.2. The number of benzene rings is 1. The molecule has 1 aromatic heterocycles. The molecule has 0 saturated heterocycles. The lowest BCUT2D eigenvalue weighted by molar-refractivity contribution is 0.0951. The summed E-state index contributed by atoms with van der Waals surface area (Å²) in [6.07, 6.45) is 3.37. The molecule has 1 amide bonds. The van der Waals surface area contributed by atoms with Crippen LogP contribution in [0, 0.1) is 12.7 Å². The van der Waals surface area contributed by atoms with E-state index in [2.05, 4.69) is 16.9 Å². The number of nitrogen functional groups attached to an aromatic ring is 1. The number of hydrogen-bond donors (Lipinski definition) is 2. The summed E-state index contributed by atoms with van der Waals surface area (Å²) in [6, 6.07) is 8.15. The molecule has 25 heavy (non-hydrogen) atoms. The van der Waals surface area contributed by atoms with Crippen molar-refractivity contribution in [1.82, 2.24) is 10.3 Å². The molecule has 1 heterocycles. The average molecular weight is 343 g/mol. The number of rotatable bonds is 8. The Kier molecular flexibility index (Phi) is 6.51. The second kappa shape index (κ2) is 8.82. The number of carbonyl (C=O) groups excluding carboxylic acids is 1. The van der Waals surface area contributed by atoms with Gasteiger partial charge in [0.15, 0.2) is 11.6 Å². The Bertz CT molecular complexity index is 762. The minimum Gasteiger partial charge on any atom is -0.490 e. The van der Waals surface area contributed by atoms with Crippen molar-refractivity contribution in [2.75, 3.05) is 12.3 Å². The number of aromatic nitrogens is 1. The Morgan fingerprint density at radius 1 is 1.40 bits per heavy atom. The third kappa shape index (κ3) is 5.04. The molecule has 2 aromatic rings. The number of carbonyl (C=O) groups is 1. The van der Waals surface area contributed by atoms with Crippen LogP contribution in [0.5, 0.6) is 5.75 Å². The number of amides is 1. The Morgan fingerprint density at radius 2 is 2.20 bits per heavy atom. The normalized spacial score (nSPS) is 10.3. The number of anilines is 1. The van der Waals surface area contributed by atoms with Gasteiger partial charge in [0.2, 0.25) is 0 Å². The maximum absolute atomic E-state index is 14.4. The second-order valence-electron chi connectivity index (χ2n) is 5.58. The number of aryl methyl sites for hydroxylation is 1. The first kappa shape index (κ1) is 18.4. The largest absolute Gasteiger partial charge is 0.490 e. The summed E-state index contributed by atoms with van der Waals surface area (Å²) in [5.41, 5.74) is 7.08. The van der Waals surface area contributed by atoms with E-state index in [1.165, 1.54) is 0 Å². The number of nitrogens with zero attached hydrogens (tertiary/aromatic N) is 1. The molecule has 5 nitrogen and oxygen atoms in total. The summed E-state index contributed by atoms with van der Waals surface area (Å²) in [6.45, 7) is 5.85. The van der Waals surface area contributed by atoms with Gasteiger partial charge in [-0.1, -0.05) is 18.2 Å². The molecule has 2 rings (SSSR count). The van der Waals surface area contributed by atoms with Crippen molar-refractivity contribution < 1.29 is 13.9 Å². The summed E-state index contributed by atoms with van der Waals surface area (Å²) in [7, 11) is 0. The Labute approximate surface area is 146 Å². The minimum atomic E-state index is -0.476. The maximum Gasteiger partial charge on any atom is 0.255 e. The molecule has 1 aromatic carbocycles. The van der Waals surface area contributed by atoms with Crippen LogP contribution in [0.4, 0.5) is 10.2 Å². The van der Waals surface area contributed by atoms with E-state index in [1.54, 1.807) is 43.3 Å². The van der Waals surface area contributed by atoms with Gasteiger partial charge < -0.3 is 15.8 Å². The first-order valence-electron chi connectivity index (χ1n) is 8.05. The van der Waals surface area contributed by atoms with Crippen LogP contribution in [-0.4, -0.2) is 17.5 Å². The highest BCUT2D eigenvalue weighted by Gasteiger charge is 2.13. The van der Waals surface area contributed by atoms with Gasteiger partial charge in [-0.3, -0.25) is 4.79 Å². The lowest BCUT2D eigenvalue weighted by Crippen LogP contribution is -2.24. The number of allylic oxidation sites excluding steroid dienone is 1. The quantitative estimate of drug-likeness (QED) is 0.569. The van der Waals surface area contributed by atoms with Crippen molar-refractivity contribution in [3.05, 3.63) is 65.6 Å². The minimum absolute atomic E-state index is 0.0296. The van der Waals surface area contributed by atoms with E-state index >= 15 is 0 Å². The van der Waals surface area contributed by atoms with Gasteiger partial charge in [-0.05, 0) is 38.0 Å². The SMILES string of the molecule is C=CCCCOc1cccc(CNC(=O)c2ccc(C)nc2N)c1F. The predicted molar refractivity (Wildman–Crippen MR) is 95.9 cm³/mol. The van der Waals surface area contributed by atoms with Crippen LogP contribution < -0.4 is 15.8 Å². The lowest BCUT2D eigenvalue weighted by atomic mass is 10.1. The zero-order chi connectivity index (χ0) is 18.2. The summed E-state index contributed by atoms with van der Waals surface area (Å²) in [5, 5.41) is 2.65. The van der Waals surface area contributed by atoms with Crippen LogP contribution in [0.15, 0.2) is 43.0 Å². The number of unbranched alkanes of at least 4 members (excludes halogenated alkanes) is 1. The van der Waals surface area contributed by atoms with Crippen molar-refractivity contribution in [1.29, 1.82) is 0 Å². The lowest BCUT2D eigenvalue weighted by Gasteiger charge is -2.11. The third-order valence-corrected chi connectivity index (χ3v) is 3.60. The number of pyridine rings is 1. The summed E-state index contributed by atoms with van der Waals surface area (Å²) in [5.74, 6) is -0.553. The molecule has 0 aliphatic carbocycles. The van der Waals surface area contributed by atoms with Crippen molar-refractivity contribution in [2.45, 2.75) is 26.3 Å². The molecule has 3 N–H and O–H groups in total. The van der Waals surface area contributed by atoms with Crippen LogP contribution in [0.1, 0.15) is 34.5 Å². The van der Waals surface area contributed by atoms with Crippen LogP contribution in [0.2, 0.25) is 0 Å². The molecule has 0 fully saturated rings. The standard InChI is InChI=1S/C19H22FN3O2/c1-3-4-5-11-25-16-8-6-7-14(17(16)20)12-22-19(24)15-10-9-13(2)23-18(15)21/h3,6-10H,1,4-5,11-12H2,2H3,(H2,21,23)(H,22,24). The van der Waals surface area contributed by atoms with Crippen molar-refractivity contribution in [2.24, 2.45) is 0 Å². The van der Waals surface area contributed by atoms with Gasteiger partial charge in [0.1, 0.15) is 5.82 Å². The van der Waals surface area contributed by atoms with E-state index in [0.717, 1.165) is 18.5 Å². The smallest absolute Gasteiger partial charge is 0.255 e. The second-order valence-corrected chi connectivity index (χ2v) is 5.58. The predicted octanol–water partition coefficient (Wildman–Crippen LogP) is 3.39. The first-order valence-corrected chi connectivity index (χ1v) is 8.05. The number of nitrogens with two attached hydrogens (primary N) is 1. The zero-order valence-electron chi connectivity index (χ0n) is 14.2. The van der Waals surface area contributed by atoms with E-state index in [-0.39, 0.29) is 23.7 Å². The Morgan fingerprint density at radius 3 is 2.92 bits per heavy atom. The van der Waals surface area contributed by atoms with Gasteiger partial charge >= 0.3 is 0 Å². The van der Waals surface area contributed by atoms with Crippen LogP contribution >= 0.6 is 0 Å². The molecule has 6 heteroatoms. The summed E-state index contributed by atoms with van der Waals surface area (Å²) >= 11 is 0. The number of halogens is 1. The maximum atomic E-state index is 14.4. The fourth-order valence-corrected chi connectivity index (χ4v) is 2.25. The van der Waals surface area contributed by atoms with Crippen LogP contribution in [0.25, 0.3) is 0 Å². The highest BCUT2D eigenvalue weighted by atomic mass is 19.1. The first-order chi connectivity index (χ1) is 12.0. The van der Waals surface area contributed by atoms with Crippen molar-refractivity contribution in [3.8, 4) is 5.75 Å².